The van der Waals surface area contributed by atoms with Crippen molar-refractivity contribution in [2.45, 2.75) is 91.6 Å². The van der Waals surface area contributed by atoms with Crippen molar-refractivity contribution in [1.29, 1.82) is 0 Å². The molecule has 3 fully saturated rings. The smallest absolute Gasteiger partial charge is 0.310 e. The molecule has 0 bridgehead atoms. The lowest BCUT2D eigenvalue weighted by molar-refractivity contribution is -0.143. The highest BCUT2D eigenvalue weighted by Gasteiger charge is 2.74. The number of rotatable bonds is 7. The average molecular weight is 559 g/mol. The van der Waals surface area contributed by atoms with E-state index in [1.165, 1.54) is 30.0 Å². The summed E-state index contributed by atoms with van der Waals surface area (Å²) in [6.45, 7) is 9.26. The molecule has 4 nitrogen and oxygen atoms in total. The summed E-state index contributed by atoms with van der Waals surface area (Å²) in [7, 11) is 1.61. The van der Waals surface area contributed by atoms with E-state index >= 15 is 4.39 Å². The Labute approximate surface area is 243 Å². The van der Waals surface area contributed by atoms with Gasteiger partial charge in [-0.05, 0) is 109 Å². The number of halogens is 1. The van der Waals surface area contributed by atoms with Gasteiger partial charge in [0.1, 0.15) is 23.9 Å². The van der Waals surface area contributed by atoms with E-state index < -0.39 is 11.4 Å². The second-order valence-electron chi connectivity index (χ2n) is 14.2. The van der Waals surface area contributed by atoms with Crippen molar-refractivity contribution in [1.82, 2.24) is 0 Å². The van der Waals surface area contributed by atoms with Crippen LogP contribution in [0.1, 0.15) is 96.1 Å². The SMILES string of the molecule is COc1ccc(F)c(-c2ccc(COC3=CCC4(C)CC[C@]5(CC5(C)C(=O)O)C4=C3)cc2[C@@H]2CCCCC2(C)C)c1. The van der Waals surface area contributed by atoms with Gasteiger partial charge in [-0.3, -0.25) is 4.79 Å². The molecule has 0 saturated heterocycles. The zero-order valence-corrected chi connectivity index (χ0v) is 25.1. The molecule has 2 aromatic rings. The third-order valence-electron chi connectivity index (χ3n) is 11.2. The molecule has 2 unspecified atom stereocenters. The molecule has 0 radical (unpaired) electrons. The van der Waals surface area contributed by atoms with Crippen molar-refractivity contribution in [2.24, 2.45) is 21.7 Å². The molecule has 0 heterocycles. The zero-order valence-electron chi connectivity index (χ0n) is 25.1. The van der Waals surface area contributed by atoms with E-state index in [9.17, 15) is 9.90 Å². The lowest BCUT2D eigenvalue weighted by Gasteiger charge is -2.40. The summed E-state index contributed by atoms with van der Waals surface area (Å²) in [4.78, 5) is 12.1. The first-order valence-corrected chi connectivity index (χ1v) is 15.2. The third kappa shape index (κ3) is 4.51. The molecule has 2 aromatic carbocycles. The van der Waals surface area contributed by atoms with Crippen LogP contribution in [0.2, 0.25) is 0 Å². The van der Waals surface area contributed by atoms with Gasteiger partial charge in [0.15, 0.2) is 0 Å². The molecule has 4 atom stereocenters. The van der Waals surface area contributed by atoms with Crippen molar-refractivity contribution in [3.63, 3.8) is 0 Å². The van der Waals surface area contributed by atoms with E-state index in [4.69, 9.17) is 9.47 Å². The maximum atomic E-state index is 15.2. The van der Waals surface area contributed by atoms with E-state index in [1.807, 2.05) is 13.0 Å². The molecule has 3 saturated carbocycles. The predicted molar refractivity (Wildman–Crippen MR) is 159 cm³/mol. The van der Waals surface area contributed by atoms with Crippen LogP contribution in [0, 0.1) is 27.5 Å². The lowest BCUT2D eigenvalue weighted by Crippen LogP contribution is -2.26. The first-order valence-electron chi connectivity index (χ1n) is 15.2. The molecule has 0 aliphatic heterocycles. The largest absolute Gasteiger partial charge is 0.497 e. The molecule has 41 heavy (non-hydrogen) atoms. The van der Waals surface area contributed by atoms with E-state index in [-0.39, 0.29) is 22.1 Å². The number of allylic oxidation sites excluding steroid dienone is 3. The number of hydrogen-bond acceptors (Lipinski definition) is 3. The van der Waals surface area contributed by atoms with E-state index in [1.54, 1.807) is 19.2 Å². The second kappa shape index (κ2) is 9.74. The highest BCUT2D eigenvalue weighted by molar-refractivity contribution is 5.81. The van der Waals surface area contributed by atoms with Crippen molar-refractivity contribution >= 4 is 5.97 Å². The van der Waals surface area contributed by atoms with Gasteiger partial charge in [0.25, 0.3) is 0 Å². The molecule has 5 heteroatoms. The zero-order chi connectivity index (χ0) is 29.2. The van der Waals surface area contributed by atoms with Gasteiger partial charge in [0.2, 0.25) is 0 Å². The Hall–Kier alpha value is -3.08. The van der Waals surface area contributed by atoms with Crippen LogP contribution >= 0.6 is 0 Å². The van der Waals surface area contributed by atoms with Crippen LogP contribution in [0.15, 0.2) is 59.9 Å². The van der Waals surface area contributed by atoms with Crippen LogP contribution in [0.5, 0.6) is 5.75 Å². The molecule has 0 aromatic heterocycles. The van der Waals surface area contributed by atoms with Gasteiger partial charge in [0.05, 0.1) is 12.5 Å². The molecule has 6 rings (SSSR count). The molecule has 1 N–H and O–H groups in total. The summed E-state index contributed by atoms with van der Waals surface area (Å²) in [6, 6.07) is 11.3. The van der Waals surface area contributed by atoms with Gasteiger partial charge >= 0.3 is 5.97 Å². The molecule has 4 aliphatic carbocycles. The molecule has 1 spiro atoms. The lowest BCUT2D eigenvalue weighted by atomic mass is 9.65. The normalized spacial score (nSPS) is 31.7. The summed E-state index contributed by atoms with van der Waals surface area (Å²) in [5.41, 5.74) is 4.22. The number of benzene rings is 2. The predicted octanol–water partition coefficient (Wildman–Crippen LogP) is 9.20. The monoisotopic (exact) mass is 558 g/mol. The Bertz CT molecular complexity index is 1450. The minimum absolute atomic E-state index is 0.0161. The number of methoxy groups -OCH3 is 1. The minimum Gasteiger partial charge on any atom is -0.497 e. The fourth-order valence-corrected chi connectivity index (χ4v) is 8.40. The quantitative estimate of drug-likeness (QED) is 0.368. The number of carboxylic acids is 1. The Morgan fingerprint density at radius 3 is 2.54 bits per heavy atom. The number of carbonyl (C=O) groups is 1. The van der Waals surface area contributed by atoms with Crippen LogP contribution in [0.4, 0.5) is 4.39 Å². The van der Waals surface area contributed by atoms with E-state index in [0.29, 0.717) is 30.3 Å². The Balaban J connectivity index is 1.30. The van der Waals surface area contributed by atoms with Crippen molar-refractivity contribution in [2.75, 3.05) is 7.11 Å². The van der Waals surface area contributed by atoms with Gasteiger partial charge in [-0.25, -0.2) is 4.39 Å². The topological polar surface area (TPSA) is 55.8 Å². The second-order valence-corrected chi connectivity index (χ2v) is 14.2. The summed E-state index contributed by atoms with van der Waals surface area (Å²) >= 11 is 0. The fourth-order valence-electron chi connectivity index (χ4n) is 8.40. The summed E-state index contributed by atoms with van der Waals surface area (Å²) in [6.07, 6.45) is 12.5. The number of carboxylic acid groups (broad SMARTS) is 1. The van der Waals surface area contributed by atoms with Crippen molar-refractivity contribution in [3.05, 3.63) is 76.8 Å². The maximum Gasteiger partial charge on any atom is 0.310 e. The van der Waals surface area contributed by atoms with Gasteiger partial charge in [0, 0.05) is 11.0 Å². The summed E-state index contributed by atoms with van der Waals surface area (Å²) < 4.78 is 27.1. The molecule has 218 valence electrons. The van der Waals surface area contributed by atoms with Gasteiger partial charge in [-0.15, -0.1) is 0 Å². The Morgan fingerprint density at radius 2 is 1.83 bits per heavy atom. The van der Waals surface area contributed by atoms with Crippen LogP contribution in [0.3, 0.4) is 0 Å². The fraction of sp³-hybridized carbons (Fsp3) is 0.528. The van der Waals surface area contributed by atoms with Gasteiger partial charge in [-0.2, -0.15) is 0 Å². The van der Waals surface area contributed by atoms with Crippen LogP contribution < -0.4 is 4.74 Å². The number of hydrogen-bond donors (Lipinski definition) is 1. The van der Waals surface area contributed by atoms with E-state index in [2.05, 4.69) is 45.1 Å². The average Bonchev–Trinajstić information content (AvgIpc) is 3.47. The number of aliphatic carboxylic acids is 1. The molecule has 4 aliphatic rings. The first kappa shape index (κ1) is 28.1. The highest BCUT2D eigenvalue weighted by Crippen LogP contribution is 2.78. The number of fused-ring (bicyclic) bond motifs is 2. The standard InChI is InChI=1S/C36H43FO4/c1-33(2)14-7-6-8-29(33)27-18-23(9-11-26(27)28-19-24(40-5)10-12-30(28)37)21-41-25-13-15-34(3)16-17-36(31(34)20-25)22-35(36,4)32(38)39/h9-13,18-20,29H,6-8,14-17,21-22H2,1-5H3,(H,38,39)/t29-,34?,35?,36-/m0/s1. The maximum absolute atomic E-state index is 15.2. The molecular formula is C36H43FO4. The van der Waals surface area contributed by atoms with Gasteiger partial charge in [-0.1, -0.05) is 57.4 Å². The number of ether oxygens (including phenoxy) is 2. The van der Waals surface area contributed by atoms with Crippen molar-refractivity contribution in [3.8, 4) is 16.9 Å². The first-order chi connectivity index (χ1) is 19.4. The minimum atomic E-state index is -0.689. The Morgan fingerprint density at radius 1 is 1.02 bits per heavy atom. The van der Waals surface area contributed by atoms with Crippen molar-refractivity contribution < 1.29 is 23.8 Å². The van der Waals surface area contributed by atoms with Crippen LogP contribution in [-0.2, 0) is 16.1 Å². The molecule has 0 amide bonds. The van der Waals surface area contributed by atoms with E-state index in [0.717, 1.165) is 49.0 Å². The Kier molecular flexibility index (Phi) is 6.67. The van der Waals surface area contributed by atoms with Crippen LogP contribution in [-0.4, -0.2) is 18.2 Å². The van der Waals surface area contributed by atoms with Gasteiger partial charge < -0.3 is 14.6 Å². The molecular weight excluding hydrogens is 515 g/mol. The summed E-state index contributed by atoms with van der Waals surface area (Å²) in [5.74, 6) is 0.860. The van der Waals surface area contributed by atoms with Crippen LogP contribution in [0.25, 0.3) is 11.1 Å². The highest BCUT2D eigenvalue weighted by atomic mass is 19.1. The third-order valence-corrected chi connectivity index (χ3v) is 11.2. The summed E-state index contributed by atoms with van der Waals surface area (Å²) in [5, 5.41) is 9.95.